The van der Waals surface area contributed by atoms with Crippen molar-refractivity contribution in [1.29, 1.82) is 0 Å². The van der Waals surface area contributed by atoms with Crippen molar-refractivity contribution in [3.8, 4) is 0 Å². The van der Waals surface area contributed by atoms with Crippen molar-refractivity contribution in [3.05, 3.63) is 29.0 Å². The van der Waals surface area contributed by atoms with Gasteiger partial charge in [0.25, 0.3) is 5.91 Å². The van der Waals surface area contributed by atoms with E-state index >= 15 is 0 Å². The number of halogens is 1. The Hall–Kier alpha value is -1.13. The predicted molar refractivity (Wildman–Crippen MR) is 76.4 cm³/mol. The summed E-state index contributed by atoms with van der Waals surface area (Å²) in [6.07, 6.45) is 2.12. The van der Waals surface area contributed by atoms with Crippen LogP contribution in [0.3, 0.4) is 0 Å². The number of aromatic nitrogens is 1. The summed E-state index contributed by atoms with van der Waals surface area (Å²) in [7, 11) is 4.18. The minimum atomic E-state index is -0.00852. The molecular weight excluding hydrogens is 262 g/mol. The quantitative estimate of drug-likeness (QED) is 0.797. The molecule has 2 rings (SSSR count). The van der Waals surface area contributed by atoms with E-state index in [1.54, 1.807) is 18.2 Å². The predicted octanol–water partition coefficient (Wildman–Crippen LogP) is 2.15. The van der Waals surface area contributed by atoms with Gasteiger partial charge in [0.2, 0.25) is 0 Å². The Labute approximate surface area is 119 Å². The molecule has 1 aromatic rings. The normalized spacial score (nSPS) is 16.9. The highest BCUT2D eigenvalue weighted by Gasteiger charge is 2.24. The third-order valence-electron chi connectivity index (χ3n) is 3.46. The lowest BCUT2D eigenvalue weighted by atomic mass is 9.96. The van der Waals surface area contributed by atoms with E-state index in [0.717, 1.165) is 32.5 Å². The molecule has 0 unspecified atom stereocenters. The second-order valence-electron chi connectivity index (χ2n) is 5.34. The van der Waals surface area contributed by atoms with Gasteiger partial charge in [-0.25, -0.2) is 4.98 Å². The number of nitrogens with zero attached hydrogens (tertiary/aromatic N) is 3. The number of carbonyl (C=O) groups excluding carboxylic acids is 1. The maximum atomic E-state index is 12.3. The van der Waals surface area contributed by atoms with Gasteiger partial charge in [0.1, 0.15) is 10.8 Å². The van der Waals surface area contributed by atoms with Crippen LogP contribution < -0.4 is 0 Å². The lowest BCUT2D eigenvalue weighted by molar-refractivity contribution is 0.0672. The highest BCUT2D eigenvalue weighted by molar-refractivity contribution is 6.29. The third kappa shape index (κ3) is 3.91. The van der Waals surface area contributed by atoms with Crippen molar-refractivity contribution in [2.45, 2.75) is 12.8 Å². The van der Waals surface area contributed by atoms with Gasteiger partial charge in [-0.15, -0.1) is 0 Å². The van der Waals surface area contributed by atoms with Gasteiger partial charge < -0.3 is 9.80 Å². The van der Waals surface area contributed by atoms with Crippen molar-refractivity contribution in [3.63, 3.8) is 0 Å². The number of piperidine rings is 1. The Kier molecular flexibility index (Phi) is 4.77. The molecule has 1 saturated heterocycles. The molecule has 0 aromatic carbocycles. The van der Waals surface area contributed by atoms with Gasteiger partial charge in [-0.3, -0.25) is 4.79 Å². The van der Waals surface area contributed by atoms with Crippen molar-refractivity contribution in [2.75, 3.05) is 33.7 Å². The van der Waals surface area contributed by atoms with E-state index in [0.29, 0.717) is 16.8 Å². The molecular formula is C14H20ClN3O. The number of hydrogen-bond acceptors (Lipinski definition) is 3. The van der Waals surface area contributed by atoms with Gasteiger partial charge in [-0.05, 0) is 45.0 Å². The number of rotatable bonds is 3. The van der Waals surface area contributed by atoms with Crippen LogP contribution in [0.25, 0.3) is 0 Å². The molecule has 1 aliphatic rings. The lowest BCUT2D eigenvalue weighted by Crippen LogP contribution is -2.40. The lowest BCUT2D eigenvalue weighted by Gasteiger charge is -2.33. The summed E-state index contributed by atoms with van der Waals surface area (Å²) in [4.78, 5) is 20.4. The molecule has 0 radical (unpaired) electrons. The number of likely N-dealkylation sites (tertiary alicyclic amines) is 1. The molecule has 1 aromatic heterocycles. The molecule has 1 fully saturated rings. The molecule has 4 nitrogen and oxygen atoms in total. The summed E-state index contributed by atoms with van der Waals surface area (Å²) >= 11 is 5.82. The molecule has 104 valence electrons. The van der Waals surface area contributed by atoms with Gasteiger partial charge in [0.15, 0.2) is 0 Å². The molecule has 0 N–H and O–H groups in total. The molecule has 0 aliphatic carbocycles. The van der Waals surface area contributed by atoms with E-state index in [9.17, 15) is 4.79 Å². The average molecular weight is 282 g/mol. The molecule has 0 saturated carbocycles. The number of carbonyl (C=O) groups is 1. The van der Waals surface area contributed by atoms with Gasteiger partial charge in [-0.2, -0.15) is 0 Å². The summed E-state index contributed by atoms with van der Waals surface area (Å²) in [6.45, 7) is 2.72. The first-order valence-electron chi connectivity index (χ1n) is 6.63. The Bertz CT molecular complexity index is 442. The molecule has 0 atom stereocenters. The highest BCUT2D eigenvalue weighted by Crippen LogP contribution is 2.19. The SMILES string of the molecule is CN(C)CC1CCN(C(=O)c2cccc(Cl)n2)CC1. The molecule has 2 heterocycles. The van der Waals surface area contributed by atoms with Crippen LogP contribution in [0.15, 0.2) is 18.2 Å². The minimum absolute atomic E-state index is 0.00852. The van der Waals surface area contributed by atoms with Crippen LogP contribution in [0.2, 0.25) is 5.15 Å². The van der Waals surface area contributed by atoms with E-state index in [-0.39, 0.29) is 5.91 Å². The van der Waals surface area contributed by atoms with Gasteiger partial charge in [0, 0.05) is 19.6 Å². The fourth-order valence-electron chi connectivity index (χ4n) is 2.52. The third-order valence-corrected chi connectivity index (χ3v) is 3.67. The average Bonchev–Trinajstić information content (AvgIpc) is 2.38. The van der Waals surface area contributed by atoms with E-state index in [1.165, 1.54) is 0 Å². The molecule has 1 amide bonds. The van der Waals surface area contributed by atoms with E-state index in [1.807, 2.05) is 4.90 Å². The van der Waals surface area contributed by atoms with Crippen molar-refractivity contribution in [2.24, 2.45) is 5.92 Å². The standard InChI is InChI=1S/C14H20ClN3O/c1-17(2)10-11-6-8-18(9-7-11)14(19)12-4-3-5-13(15)16-12/h3-5,11H,6-10H2,1-2H3. The Morgan fingerprint density at radius 3 is 2.68 bits per heavy atom. The van der Waals surface area contributed by atoms with Gasteiger partial charge in [0.05, 0.1) is 0 Å². The van der Waals surface area contributed by atoms with E-state index in [4.69, 9.17) is 11.6 Å². The van der Waals surface area contributed by atoms with E-state index < -0.39 is 0 Å². The van der Waals surface area contributed by atoms with Crippen molar-refractivity contribution in [1.82, 2.24) is 14.8 Å². The molecule has 5 heteroatoms. The number of hydrogen-bond donors (Lipinski definition) is 0. The zero-order valence-electron chi connectivity index (χ0n) is 11.5. The Morgan fingerprint density at radius 1 is 1.42 bits per heavy atom. The second-order valence-corrected chi connectivity index (χ2v) is 5.73. The summed E-state index contributed by atoms with van der Waals surface area (Å²) in [5.41, 5.74) is 0.443. The summed E-state index contributed by atoms with van der Waals surface area (Å²) < 4.78 is 0. The van der Waals surface area contributed by atoms with Crippen LogP contribution in [0.1, 0.15) is 23.3 Å². The molecule has 19 heavy (non-hydrogen) atoms. The second kappa shape index (κ2) is 6.35. The van der Waals surface area contributed by atoms with Gasteiger partial charge in [-0.1, -0.05) is 17.7 Å². The van der Waals surface area contributed by atoms with Crippen LogP contribution >= 0.6 is 11.6 Å². The first-order chi connectivity index (χ1) is 9.06. The van der Waals surface area contributed by atoms with Crippen LogP contribution in [-0.4, -0.2) is 54.4 Å². The monoisotopic (exact) mass is 281 g/mol. The summed E-state index contributed by atoms with van der Waals surface area (Å²) in [6, 6.07) is 5.17. The number of amides is 1. The minimum Gasteiger partial charge on any atom is -0.337 e. The highest BCUT2D eigenvalue weighted by atomic mass is 35.5. The maximum absolute atomic E-state index is 12.3. The van der Waals surface area contributed by atoms with Crippen LogP contribution in [0.4, 0.5) is 0 Å². The topological polar surface area (TPSA) is 36.4 Å². The first kappa shape index (κ1) is 14.3. The zero-order chi connectivity index (χ0) is 13.8. The summed E-state index contributed by atoms with van der Waals surface area (Å²) in [5, 5.41) is 0.369. The van der Waals surface area contributed by atoms with Crippen LogP contribution in [0, 0.1) is 5.92 Å². The zero-order valence-corrected chi connectivity index (χ0v) is 12.2. The molecule has 0 spiro atoms. The largest absolute Gasteiger partial charge is 0.337 e. The Morgan fingerprint density at radius 2 is 2.11 bits per heavy atom. The van der Waals surface area contributed by atoms with Crippen LogP contribution in [0.5, 0.6) is 0 Å². The fraction of sp³-hybridized carbons (Fsp3) is 0.571. The summed E-state index contributed by atoms with van der Waals surface area (Å²) in [5.74, 6) is 0.678. The van der Waals surface area contributed by atoms with E-state index in [2.05, 4.69) is 24.0 Å². The molecule has 0 bridgehead atoms. The maximum Gasteiger partial charge on any atom is 0.272 e. The van der Waals surface area contributed by atoms with Crippen molar-refractivity contribution < 1.29 is 4.79 Å². The molecule has 1 aliphatic heterocycles. The van der Waals surface area contributed by atoms with Gasteiger partial charge >= 0.3 is 0 Å². The Balaban J connectivity index is 1.92. The first-order valence-corrected chi connectivity index (χ1v) is 7.00. The fourth-order valence-corrected chi connectivity index (χ4v) is 2.69. The van der Waals surface area contributed by atoms with Crippen LogP contribution in [-0.2, 0) is 0 Å². The van der Waals surface area contributed by atoms with Crippen molar-refractivity contribution >= 4 is 17.5 Å². The number of pyridine rings is 1. The smallest absolute Gasteiger partial charge is 0.272 e.